The molecule has 0 unspecified atom stereocenters. The van der Waals surface area contributed by atoms with Crippen molar-refractivity contribution in [1.82, 2.24) is 10.2 Å². The molecule has 2 aromatic rings. The van der Waals surface area contributed by atoms with Crippen molar-refractivity contribution >= 4 is 15.9 Å². The average Bonchev–Trinajstić information content (AvgIpc) is 3.15. The van der Waals surface area contributed by atoms with Gasteiger partial charge in [-0.3, -0.25) is 4.90 Å². The lowest BCUT2D eigenvalue weighted by molar-refractivity contribution is 0.259. The summed E-state index contributed by atoms with van der Waals surface area (Å²) >= 11 is 3.69. The minimum Gasteiger partial charge on any atom is -0.490 e. The molecular weight excluding hydrogens is 428 g/mol. The molecule has 1 aliphatic rings. The van der Waals surface area contributed by atoms with Gasteiger partial charge in [-0.15, -0.1) is 0 Å². The standard InChI is InChI=1S/C24H33BrN2O2/c1-4-27-11-7-10-21(27)16-26-15-20-13-22(25)24(23(14-20)28-5-2)29-17-19-9-6-8-18(3)12-19/h6,8-9,12-14,21,26H,4-5,7,10-11,15-17H2,1-3H3/t21-/m1/s1. The largest absolute Gasteiger partial charge is 0.490 e. The number of rotatable bonds is 10. The van der Waals surface area contributed by atoms with E-state index in [4.69, 9.17) is 9.47 Å². The molecule has 1 aliphatic heterocycles. The Morgan fingerprint density at radius 2 is 2.00 bits per heavy atom. The summed E-state index contributed by atoms with van der Waals surface area (Å²) in [7, 11) is 0. The summed E-state index contributed by atoms with van der Waals surface area (Å²) in [5.41, 5.74) is 3.59. The van der Waals surface area contributed by atoms with Crippen molar-refractivity contribution < 1.29 is 9.47 Å². The van der Waals surface area contributed by atoms with Crippen molar-refractivity contribution in [2.24, 2.45) is 0 Å². The van der Waals surface area contributed by atoms with Gasteiger partial charge < -0.3 is 14.8 Å². The zero-order valence-electron chi connectivity index (χ0n) is 17.8. The van der Waals surface area contributed by atoms with Crippen LogP contribution in [0, 0.1) is 6.92 Å². The highest BCUT2D eigenvalue weighted by atomic mass is 79.9. The highest BCUT2D eigenvalue weighted by Crippen LogP contribution is 2.37. The average molecular weight is 461 g/mol. The second-order valence-electron chi connectivity index (χ2n) is 7.67. The minimum atomic E-state index is 0.520. The van der Waals surface area contributed by atoms with Crippen molar-refractivity contribution in [2.75, 3.05) is 26.2 Å². The van der Waals surface area contributed by atoms with E-state index < -0.39 is 0 Å². The normalized spacial score (nSPS) is 16.9. The van der Waals surface area contributed by atoms with E-state index in [-0.39, 0.29) is 0 Å². The Kier molecular flexibility index (Phi) is 8.40. The van der Waals surface area contributed by atoms with Gasteiger partial charge in [0.05, 0.1) is 11.1 Å². The van der Waals surface area contributed by atoms with Gasteiger partial charge in [0.1, 0.15) is 6.61 Å². The van der Waals surface area contributed by atoms with E-state index in [1.807, 2.05) is 6.92 Å². The number of likely N-dealkylation sites (tertiary alicyclic amines) is 1. The lowest BCUT2D eigenvalue weighted by Crippen LogP contribution is -2.37. The van der Waals surface area contributed by atoms with Gasteiger partial charge in [0.15, 0.2) is 11.5 Å². The first kappa shape index (κ1) is 22.1. The molecule has 0 aromatic heterocycles. The predicted molar refractivity (Wildman–Crippen MR) is 123 cm³/mol. The first-order chi connectivity index (χ1) is 14.1. The molecular formula is C24H33BrN2O2. The zero-order chi connectivity index (χ0) is 20.6. The Morgan fingerprint density at radius 1 is 1.14 bits per heavy atom. The topological polar surface area (TPSA) is 33.7 Å². The van der Waals surface area contributed by atoms with E-state index in [2.05, 4.69) is 76.4 Å². The molecule has 1 heterocycles. The molecule has 1 fully saturated rings. The molecule has 1 saturated heterocycles. The SMILES string of the molecule is CCOc1cc(CNC[C@H]2CCCN2CC)cc(Br)c1OCc1cccc(C)c1. The second kappa shape index (κ2) is 11.0. The maximum Gasteiger partial charge on any atom is 0.175 e. The molecule has 0 saturated carbocycles. The number of aryl methyl sites for hydroxylation is 1. The fraction of sp³-hybridized carbons (Fsp3) is 0.500. The minimum absolute atomic E-state index is 0.520. The van der Waals surface area contributed by atoms with Gasteiger partial charge in [0, 0.05) is 19.1 Å². The van der Waals surface area contributed by atoms with E-state index in [1.54, 1.807) is 0 Å². The highest BCUT2D eigenvalue weighted by Gasteiger charge is 2.22. The first-order valence-electron chi connectivity index (χ1n) is 10.7. The monoisotopic (exact) mass is 460 g/mol. The van der Waals surface area contributed by atoms with Crippen LogP contribution < -0.4 is 14.8 Å². The van der Waals surface area contributed by atoms with Crippen LogP contribution in [-0.4, -0.2) is 37.2 Å². The van der Waals surface area contributed by atoms with Gasteiger partial charge in [-0.05, 0) is 79.0 Å². The van der Waals surface area contributed by atoms with Crippen LogP contribution in [0.3, 0.4) is 0 Å². The number of halogens is 1. The number of ether oxygens (including phenoxy) is 2. The van der Waals surface area contributed by atoms with Crippen molar-refractivity contribution in [3.8, 4) is 11.5 Å². The second-order valence-corrected chi connectivity index (χ2v) is 8.53. The predicted octanol–water partition coefficient (Wildman–Crippen LogP) is 5.31. The number of nitrogens with one attached hydrogen (secondary N) is 1. The molecule has 0 amide bonds. The van der Waals surface area contributed by atoms with Crippen LogP contribution in [0.15, 0.2) is 40.9 Å². The van der Waals surface area contributed by atoms with Crippen LogP contribution in [-0.2, 0) is 13.2 Å². The molecule has 0 aliphatic carbocycles. The Labute approximate surface area is 183 Å². The summed E-state index contributed by atoms with van der Waals surface area (Å²) in [6.07, 6.45) is 2.60. The van der Waals surface area contributed by atoms with E-state index in [1.165, 1.54) is 30.5 Å². The van der Waals surface area contributed by atoms with Crippen molar-refractivity contribution in [1.29, 1.82) is 0 Å². The van der Waals surface area contributed by atoms with E-state index in [9.17, 15) is 0 Å². The van der Waals surface area contributed by atoms with Gasteiger partial charge in [0.2, 0.25) is 0 Å². The summed E-state index contributed by atoms with van der Waals surface area (Å²) < 4.78 is 13.0. The Hall–Kier alpha value is -1.56. The summed E-state index contributed by atoms with van der Waals surface area (Å²) in [4.78, 5) is 2.57. The quantitative estimate of drug-likeness (QED) is 0.520. The lowest BCUT2D eigenvalue weighted by atomic mass is 10.1. The van der Waals surface area contributed by atoms with Crippen molar-refractivity contribution in [3.63, 3.8) is 0 Å². The van der Waals surface area contributed by atoms with Gasteiger partial charge in [-0.2, -0.15) is 0 Å². The van der Waals surface area contributed by atoms with Crippen LogP contribution in [0.5, 0.6) is 11.5 Å². The molecule has 5 heteroatoms. The van der Waals surface area contributed by atoms with E-state index >= 15 is 0 Å². The zero-order valence-corrected chi connectivity index (χ0v) is 19.4. The summed E-state index contributed by atoms with van der Waals surface area (Å²) in [5.74, 6) is 1.56. The maximum absolute atomic E-state index is 6.13. The molecule has 1 atom stereocenters. The summed E-state index contributed by atoms with van der Waals surface area (Å²) in [6.45, 7) is 11.7. The molecule has 158 valence electrons. The van der Waals surface area contributed by atoms with Gasteiger partial charge in [-0.1, -0.05) is 36.8 Å². The van der Waals surface area contributed by atoms with Crippen LogP contribution in [0.1, 0.15) is 43.4 Å². The molecule has 0 spiro atoms. The molecule has 0 radical (unpaired) electrons. The molecule has 2 aromatic carbocycles. The van der Waals surface area contributed by atoms with E-state index in [0.717, 1.165) is 41.2 Å². The van der Waals surface area contributed by atoms with Crippen molar-refractivity contribution in [3.05, 3.63) is 57.6 Å². The van der Waals surface area contributed by atoms with E-state index in [0.29, 0.717) is 19.3 Å². The van der Waals surface area contributed by atoms with Gasteiger partial charge in [0.25, 0.3) is 0 Å². The smallest absolute Gasteiger partial charge is 0.175 e. The Bertz CT molecular complexity index is 796. The molecule has 0 bridgehead atoms. The van der Waals surface area contributed by atoms with Crippen LogP contribution in [0.2, 0.25) is 0 Å². The fourth-order valence-corrected chi connectivity index (χ4v) is 4.61. The van der Waals surface area contributed by atoms with Crippen LogP contribution in [0.25, 0.3) is 0 Å². The third-order valence-electron chi connectivity index (χ3n) is 5.45. The summed E-state index contributed by atoms with van der Waals surface area (Å²) in [5, 5.41) is 3.63. The Balaban J connectivity index is 1.64. The molecule has 3 rings (SSSR count). The van der Waals surface area contributed by atoms with Crippen LogP contribution in [0.4, 0.5) is 0 Å². The molecule has 29 heavy (non-hydrogen) atoms. The number of nitrogens with zero attached hydrogens (tertiary/aromatic N) is 1. The number of hydrogen-bond acceptors (Lipinski definition) is 4. The molecule has 1 N–H and O–H groups in total. The van der Waals surface area contributed by atoms with Crippen molar-refractivity contribution in [2.45, 2.75) is 52.8 Å². The Morgan fingerprint density at radius 3 is 2.76 bits per heavy atom. The number of hydrogen-bond donors (Lipinski definition) is 1. The number of likely N-dealkylation sites (N-methyl/N-ethyl adjacent to an activating group) is 1. The first-order valence-corrected chi connectivity index (χ1v) is 11.5. The van der Waals surface area contributed by atoms with Crippen LogP contribution >= 0.6 is 15.9 Å². The lowest BCUT2D eigenvalue weighted by Gasteiger charge is -2.23. The highest BCUT2D eigenvalue weighted by molar-refractivity contribution is 9.10. The van der Waals surface area contributed by atoms with Gasteiger partial charge >= 0.3 is 0 Å². The van der Waals surface area contributed by atoms with Gasteiger partial charge in [-0.25, -0.2) is 0 Å². The fourth-order valence-electron chi connectivity index (χ4n) is 4.01. The molecule has 4 nitrogen and oxygen atoms in total. The maximum atomic E-state index is 6.13. The number of benzene rings is 2. The third kappa shape index (κ3) is 6.21. The third-order valence-corrected chi connectivity index (χ3v) is 6.04. The summed E-state index contributed by atoms with van der Waals surface area (Å²) in [6, 6.07) is 13.3.